The summed E-state index contributed by atoms with van der Waals surface area (Å²) in [7, 11) is 0. The van der Waals surface area contributed by atoms with E-state index in [4.69, 9.17) is 16.3 Å². The zero-order valence-corrected chi connectivity index (χ0v) is 11.1. The van der Waals surface area contributed by atoms with Crippen molar-refractivity contribution in [3.63, 3.8) is 0 Å². The van der Waals surface area contributed by atoms with Crippen LogP contribution in [0.4, 0.5) is 0 Å². The van der Waals surface area contributed by atoms with Crippen LogP contribution in [-0.2, 0) is 6.61 Å². The van der Waals surface area contributed by atoms with E-state index < -0.39 is 0 Å². The van der Waals surface area contributed by atoms with Crippen LogP contribution in [0.5, 0.6) is 6.01 Å². The summed E-state index contributed by atoms with van der Waals surface area (Å²) in [5.41, 5.74) is 1.06. The number of nitrogens with one attached hydrogen (secondary N) is 1. The highest BCUT2D eigenvalue weighted by molar-refractivity contribution is 6.31. The molecule has 100 valence electrons. The molecule has 0 bridgehead atoms. The molecule has 0 amide bonds. The summed E-state index contributed by atoms with van der Waals surface area (Å²) in [4.78, 5) is 22.6. The van der Waals surface area contributed by atoms with Gasteiger partial charge >= 0.3 is 0 Å². The van der Waals surface area contributed by atoms with E-state index >= 15 is 0 Å². The summed E-state index contributed by atoms with van der Waals surface area (Å²) in [6.07, 6.45) is 3.07. The van der Waals surface area contributed by atoms with E-state index in [-0.39, 0.29) is 18.2 Å². The number of rotatable bonds is 3. The van der Waals surface area contributed by atoms with Crippen molar-refractivity contribution in [2.75, 3.05) is 0 Å². The van der Waals surface area contributed by atoms with Crippen LogP contribution < -0.4 is 10.3 Å². The smallest absolute Gasteiger partial charge is 0.297 e. The van der Waals surface area contributed by atoms with Crippen molar-refractivity contribution < 1.29 is 4.74 Å². The molecule has 0 atom stereocenters. The third-order valence-electron chi connectivity index (χ3n) is 2.81. The quantitative estimate of drug-likeness (QED) is 0.804. The van der Waals surface area contributed by atoms with Gasteiger partial charge in [-0.3, -0.25) is 14.8 Å². The van der Waals surface area contributed by atoms with E-state index in [1.165, 1.54) is 6.20 Å². The molecule has 1 aromatic carbocycles. The van der Waals surface area contributed by atoms with E-state index in [9.17, 15) is 4.79 Å². The topological polar surface area (TPSA) is 67.9 Å². The molecule has 0 fully saturated rings. The normalized spacial score (nSPS) is 10.7. The number of H-pyrrole nitrogens is 1. The zero-order valence-electron chi connectivity index (χ0n) is 10.3. The van der Waals surface area contributed by atoms with Crippen LogP contribution in [0.2, 0.25) is 5.02 Å². The number of halogens is 1. The van der Waals surface area contributed by atoms with Crippen LogP contribution in [0.3, 0.4) is 0 Å². The summed E-state index contributed by atoms with van der Waals surface area (Å²) in [5, 5.41) is 1.09. The SMILES string of the molecule is O=c1[nH]c(OCc2ccccc2Cl)nc2cnccc12. The molecule has 0 aliphatic rings. The second-order valence-electron chi connectivity index (χ2n) is 4.14. The van der Waals surface area contributed by atoms with Crippen LogP contribution in [0.15, 0.2) is 47.5 Å². The van der Waals surface area contributed by atoms with E-state index in [0.29, 0.717) is 15.9 Å². The Labute approximate surface area is 119 Å². The standard InChI is InChI=1S/C14H10ClN3O2/c15-11-4-2-1-3-9(11)8-20-14-17-12-7-16-6-5-10(12)13(19)18-14/h1-7H,8H2,(H,17,18,19). The van der Waals surface area contributed by atoms with Gasteiger partial charge in [-0.2, -0.15) is 4.98 Å². The molecule has 0 saturated heterocycles. The number of aromatic nitrogens is 3. The summed E-state index contributed by atoms with van der Waals surface area (Å²) in [6.45, 7) is 0.231. The molecule has 3 rings (SSSR count). The number of hydrogen-bond acceptors (Lipinski definition) is 4. The van der Waals surface area contributed by atoms with Crippen LogP contribution in [-0.4, -0.2) is 15.0 Å². The molecule has 0 radical (unpaired) electrons. The first-order chi connectivity index (χ1) is 9.74. The number of pyridine rings is 1. The Balaban J connectivity index is 1.88. The lowest BCUT2D eigenvalue weighted by Gasteiger charge is -2.07. The first-order valence-electron chi connectivity index (χ1n) is 5.94. The van der Waals surface area contributed by atoms with Crippen molar-refractivity contribution in [3.05, 3.63) is 63.7 Å². The molecule has 0 aliphatic heterocycles. The van der Waals surface area contributed by atoms with Gasteiger partial charge < -0.3 is 4.74 Å². The first-order valence-corrected chi connectivity index (χ1v) is 6.32. The van der Waals surface area contributed by atoms with Crippen LogP contribution in [0.1, 0.15) is 5.56 Å². The fraction of sp³-hybridized carbons (Fsp3) is 0.0714. The van der Waals surface area contributed by atoms with Crippen molar-refractivity contribution in [1.29, 1.82) is 0 Å². The average Bonchev–Trinajstić information content (AvgIpc) is 2.46. The molecule has 0 unspecified atom stereocenters. The molecule has 1 N–H and O–H groups in total. The van der Waals surface area contributed by atoms with Gasteiger partial charge in [-0.25, -0.2) is 0 Å². The van der Waals surface area contributed by atoms with Gasteiger partial charge in [0.1, 0.15) is 6.61 Å². The molecular formula is C14H10ClN3O2. The predicted molar refractivity (Wildman–Crippen MR) is 75.9 cm³/mol. The van der Waals surface area contributed by atoms with Gasteiger partial charge in [-0.1, -0.05) is 29.8 Å². The molecule has 2 heterocycles. The maximum atomic E-state index is 11.8. The Bertz CT molecular complexity index is 817. The number of hydrogen-bond donors (Lipinski definition) is 1. The van der Waals surface area contributed by atoms with Crippen LogP contribution >= 0.6 is 11.6 Å². The van der Waals surface area contributed by atoms with Crippen molar-refractivity contribution >= 4 is 22.5 Å². The second-order valence-corrected chi connectivity index (χ2v) is 4.55. The number of aromatic amines is 1. The van der Waals surface area contributed by atoms with Crippen molar-refractivity contribution in [1.82, 2.24) is 15.0 Å². The van der Waals surface area contributed by atoms with Gasteiger partial charge in [0.05, 0.1) is 17.1 Å². The highest BCUT2D eigenvalue weighted by atomic mass is 35.5. The lowest BCUT2D eigenvalue weighted by Crippen LogP contribution is -2.11. The maximum Gasteiger partial charge on any atom is 0.297 e. The second kappa shape index (κ2) is 5.30. The molecule has 2 aromatic heterocycles. The lowest BCUT2D eigenvalue weighted by atomic mass is 10.2. The fourth-order valence-corrected chi connectivity index (χ4v) is 1.99. The van der Waals surface area contributed by atoms with Gasteiger partial charge in [0.15, 0.2) is 0 Å². The van der Waals surface area contributed by atoms with Crippen molar-refractivity contribution in [3.8, 4) is 6.01 Å². The summed E-state index contributed by atoms with van der Waals surface area (Å²) < 4.78 is 5.48. The number of fused-ring (bicyclic) bond motifs is 1. The van der Waals surface area contributed by atoms with Crippen molar-refractivity contribution in [2.24, 2.45) is 0 Å². The Morgan fingerprint density at radius 1 is 1.25 bits per heavy atom. The predicted octanol–water partition coefficient (Wildman–Crippen LogP) is 2.55. The summed E-state index contributed by atoms with van der Waals surface area (Å²) >= 11 is 6.03. The Morgan fingerprint density at radius 3 is 2.95 bits per heavy atom. The number of nitrogens with zero attached hydrogens (tertiary/aromatic N) is 2. The van der Waals surface area contributed by atoms with Gasteiger partial charge in [0.25, 0.3) is 11.6 Å². The van der Waals surface area contributed by atoms with Crippen molar-refractivity contribution in [2.45, 2.75) is 6.61 Å². The zero-order chi connectivity index (χ0) is 13.9. The molecule has 20 heavy (non-hydrogen) atoms. The molecule has 5 nitrogen and oxygen atoms in total. The molecule has 6 heteroatoms. The maximum absolute atomic E-state index is 11.8. The third kappa shape index (κ3) is 2.48. The number of ether oxygens (including phenoxy) is 1. The Morgan fingerprint density at radius 2 is 2.10 bits per heavy atom. The van der Waals surface area contributed by atoms with E-state index in [0.717, 1.165) is 5.56 Å². The largest absolute Gasteiger partial charge is 0.460 e. The van der Waals surface area contributed by atoms with Crippen LogP contribution in [0, 0.1) is 0 Å². The minimum atomic E-state index is -0.258. The summed E-state index contributed by atoms with van der Waals surface area (Å²) in [6, 6.07) is 9.09. The molecule has 0 aliphatic carbocycles. The third-order valence-corrected chi connectivity index (χ3v) is 3.18. The van der Waals surface area contributed by atoms with Crippen LogP contribution in [0.25, 0.3) is 10.9 Å². The van der Waals surface area contributed by atoms with E-state index in [1.807, 2.05) is 18.2 Å². The summed E-state index contributed by atoms with van der Waals surface area (Å²) in [5.74, 6) is 0. The van der Waals surface area contributed by atoms with E-state index in [1.54, 1.807) is 18.3 Å². The molecule has 3 aromatic rings. The average molecular weight is 288 g/mol. The fourth-order valence-electron chi connectivity index (χ4n) is 1.80. The Kier molecular flexibility index (Phi) is 3.35. The lowest BCUT2D eigenvalue weighted by molar-refractivity contribution is 0.281. The van der Waals surface area contributed by atoms with Gasteiger partial charge in [-0.15, -0.1) is 0 Å². The monoisotopic (exact) mass is 287 g/mol. The minimum Gasteiger partial charge on any atom is -0.460 e. The minimum absolute atomic E-state index is 0.149. The molecule has 0 saturated carbocycles. The highest BCUT2D eigenvalue weighted by Gasteiger charge is 2.06. The highest BCUT2D eigenvalue weighted by Crippen LogP contribution is 2.16. The van der Waals surface area contributed by atoms with Gasteiger partial charge in [0, 0.05) is 16.8 Å². The molecule has 0 spiro atoms. The van der Waals surface area contributed by atoms with E-state index in [2.05, 4.69) is 15.0 Å². The van der Waals surface area contributed by atoms with Gasteiger partial charge in [-0.05, 0) is 12.1 Å². The molecular weight excluding hydrogens is 278 g/mol. The van der Waals surface area contributed by atoms with Gasteiger partial charge in [0.2, 0.25) is 0 Å². The number of benzene rings is 1. The Hall–Kier alpha value is -2.40. The first kappa shape index (κ1) is 12.6.